The van der Waals surface area contributed by atoms with Crippen LogP contribution >= 0.6 is 0 Å². The Morgan fingerprint density at radius 3 is 1.69 bits per heavy atom. The zero-order chi connectivity index (χ0) is 25.2. The molecule has 2 aliphatic rings. The maximum atomic E-state index is 11.7. The fraction of sp³-hybridized carbons (Fsp3) is 0.629. The number of carbonyl (C=O) groups excluding carboxylic acids is 1. The molecule has 2 fully saturated rings. The largest absolute Gasteiger partial charge is 0.303 e. The normalized spacial score (nSPS) is 26.6. The van der Waals surface area contributed by atoms with Crippen LogP contribution in [0.1, 0.15) is 140 Å². The van der Waals surface area contributed by atoms with Crippen molar-refractivity contribution in [2.45, 2.75) is 128 Å². The number of hydrogen-bond donors (Lipinski definition) is 0. The van der Waals surface area contributed by atoms with E-state index in [9.17, 15) is 4.79 Å². The van der Waals surface area contributed by atoms with Gasteiger partial charge in [-0.15, -0.1) is 0 Å². The molecule has 0 radical (unpaired) electrons. The van der Waals surface area contributed by atoms with Crippen molar-refractivity contribution in [2.75, 3.05) is 0 Å². The quantitative estimate of drug-likeness (QED) is 0.215. The molecule has 0 aliphatic heterocycles. The van der Waals surface area contributed by atoms with Crippen molar-refractivity contribution in [3.63, 3.8) is 0 Å². The number of unbranched alkanes of at least 4 members (excludes halogenated alkanes) is 4. The Morgan fingerprint density at radius 1 is 0.667 bits per heavy atom. The molecule has 0 unspecified atom stereocenters. The third kappa shape index (κ3) is 7.11. The van der Waals surface area contributed by atoms with Crippen LogP contribution < -0.4 is 0 Å². The van der Waals surface area contributed by atoms with E-state index in [2.05, 4.69) is 62.4 Å². The van der Waals surface area contributed by atoms with Gasteiger partial charge in [-0.25, -0.2) is 0 Å². The second-order valence-electron chi connectivity index (χ2n) is 12.2. The minimum Gasteiger partial charge on any atom is -0.303 e. The van der Waals surface area contributed by atoms with Gasteiger partial charge >= 0.3 is 0 Å². The molecule has 1 heteroatoms. The maximum Gasteiger partial charge on any atom is 0.126 e. The molecule has 36 heavy (non-hydrogen) atoms. The number of rotatable bonds is 12. The lowest BCUT2D eigenvalue weighted by Crippen LogP contribution is -2.28. The maximum absolute atomic E-state index is 11.7. The lowest BCUT2D eigenvalue weighted by molar-refractivity contribution is -0.118. The van der Waals surface area contributed by atoms with Crippen LogP contribution in [0.5, 0.6) is 0 Å². The van der Waals surface area contributed by atoms with E-state index in [0.717, 1.165) is 50.4 Å². The van der Waals surface area contributed by atoms with Gasteiger partial charge in [-0.1, -0.05) is 107 Å². The summed E-state index contributed by atoms with van der Waals surface area (Å²) in [5, 5.41) is 0. The van der Waals surface area contributed by atoms with Crippen LogP contribution in [0.15, 0.2) is 48.5 Å². The predicted octanol–water partition coefficient (Wildman–Crippen LogP) is 10.6. The Kier molecular flexibility index (Phi) is 10.3. The van der Waals surface area contributed by atoms with Crippen molar-refractivity contribution in [3.05, 3.63) is 59.7 Å². The van der Waals surface area contributed by atoms with Crippen LogP contribution in [-0.2, 0) is 4.79 Å². The Hall–Kier alpha value is -1.89. The van der Waals surface area contributed by atoms with Gasteiger partial charge in [0.25, 0.3) is 0 Å². The highest BCUT2D eigenvalue weighted by Crippen LogP contribution is 2.45. The van der Waals surface area contributed by atoms with Crippen LogP contribution in [-0.4, -0.2) is 6.29 Å². The highest BCUT2D eigenvalue weighted by atomic mass is 16.1. The molecular weight excluding hydrogens is 436 g/mol. The molecule has 0 N–H and O–H groups in total. The zero-order valence-electron chi connectivity index (χ0n) is 23.2. The van der Waals surface area contributed by atoms with Gasteiger partial charge < -0.3 is 4.79 Å². The first-order valence-corrected chi connectivity index (χ1v) is 15.3. The first kappa shape index (κ1) is 27.2. The van der Waals surface area contributed by atoms with Crippen molar-refractivity contribution >= 4 is 6.29 Å². The highest BCUT2D eigenvalue weighted by Gasteiger charge is 2.34. The standard InChI is InChI=1S/C35H50O/c1-3-5-6-7-8-9-28-10-12-29(13-11-28)30-14-16-31(17-15-30)32-18-20-33(21-19-32)34-22-25-35(27-36,24-4-2)26-23-34/h14-21,27-29,34H,3-13,22-26H2,1-2H3. The minimum atomic E-state index is -0.0412. The summed E-state index contributed by atoms with van der Waals surface area (Å²) in [6, 6.07) is 18.8. The monoisotopic (exact) mass is 486 g/mol. The summed E-state index contributed by atoms with van der Waals surface area (Å²) in [5.74, 6) is 2.35. The molecule has 1 nitrogen and oxygen atoms in total. The molecule has 196 valence electrons. The van der Waals surface area contributed by atoms with Crippen LogP contribution in [0.2, 0.25) is 0 Å². The molecule has 2 aromatic rings. The van der Waals surface area contributed by atoms with E-state index in [1.54, 1.807) is 5.56 Å². The molecule has 0 heterocycles. The summed E-state index contributed by atoms with van der Waals surface area (Å²) in [5.41, 5.74) is 5.61. The SMILES string of the molecule is CCCCCCCC1CCC(c2ccc(-c3ccc(C4CCC(C=O)(CCC)CC4)cc3)cc2)CC1. The highest BCUT2D eigenvalue weighted by molar-refractivity contribution is 5.64. The smallest absolute Gasteiger partial charge is 0.126 e. The van der Waals surface area contributed by atoms with Crippen LogP contribution in [0, 0.1) is 11.3 Å². The van der Waals surface area contributed by atoms with E-state index in [0.29, 0.717) is 5.92 Å². The lowest BCUT2D eigenvalue weighted by Gasteiger charge is -2.36. The molecule has 0 aromatic heterocycles. The first-order valence-electron chi connectivity index (χ1n) is 15.3. The van der Waals surface area contributed by atoms with Gasteiger partial charge in [0.15, 0.2) is 0 Å². The van der Waals surface area contributed by atoms with Gasteiger partial charge in [-0.2, -0.15) is 0 Å². The van der Waals surface area contributed by atoms with Gasteiger partial charge in [-0.3, -0.25) is 0 Å². The Balaban J connectivity index is 1.26. The van der Waals surface area contributed by atoms with E-state index in [1.807, 2.05) is 0 Å². The molecule has 0 spiro atoms. The minimum absolute atomic E-state index is 0.0412. The summed E-state index contributed by atoms with van der Waals surface area (Å²) in [4.78, 5) is 11.7. The Labute approximate surface area is 221 Å². The van der Waals surface area contributed by atoms with Crippen molar-refractivity contribution in [2.24, 2.45) is 11.3 Å². The molecule has 0 atom stereocenters. The second-order valence-corrected chi connectivity index (χ2v) is 12.2. The summed E-state index contributed by atoms with van der Waals surface area (Å²) in [7, 11) is 0. The fourth-order valence-corrected chi connectivity index (χ4v) is 7.17. The number of benzene rings is 2. The number of carbonyl (C=O) groups is 1. The molecule has 0 bridgehead atoms. The Bertz CT molecular complexity index is 893. The molecule has 0 amide bonds. The predicted molar refractivity (Wildman–Crippen MR) is 155 cm³/mol. The number of hydrogen-bond acceptors (Lipinski definition) is 1. The lowest BCUT2D eigenvalue weighted by atomic mass is 9.68. The van der Waals surface area contributed by atoms with E-state index in [-0.39, 0.29) is 5.41 Å². The number of aldehydes is 1. The van der Waals surface area contributed by atoms with E-state index >= 15 is 0 Å². The van der Waals surface area contributed by atoms with Crippen molar-refractivity contribution in [1.82, 2.24) is 0 Å². The van der Waals surface area contributed by atoms with Gasteiger partial charge in [0, 0.05) is 5.41 Å². The van der Waals surface area contributed by atoms with Crippen LogP contribution in [0.25, 0.3) is 11.1 Å². The van der Waals surface area contributed by atoms with Crippen LogP contribution in [0.3, 0.4) is 0 Å². The van der Waals surface area contributed by atoms with Gasteiger partial charge in [0.2, 0.25) is 0 Å². The zero-order valence-corrected chi connectivity index (χ0v) is 23.2. The summed E-state index contributed by atoms with van der Waals surface area (Å²) < 4.78 is 0. The van der Waals surface area contributed by atoms with E-state index in [1.165, 1.54) is 87.2 Å². The Morgan fingerprint density at radius 2 is 1.19 bits per heavy atom. The first-order chi connectivity index (χ1) is 17.7. The average Bonchev–Trinajstić information content (AvgIpc) is 2.94. The molecule has 0 saturated heterocycles. The third-order valence-corrected chi connectivity index (χ3v) is 9.64. The molecule has 2 saturated carbocycles. The third-order valence-electron chi connectivity index (χ3n) is 9.64. The summed E-state index contributed by atoms with van der Waals surface area (Å²) in [6.45, 7) is 4.50. The van der Waals surface area contributed by atoms with Gasteiger partial charge in [-0.05, 0) is 97.8 Å². The summed E-state index contributed by atoms with van der Waals surface area (Å²) >= 11 is 0. The van der Waals surface area contributed by atoms with Crippen molar-refractivity contribution in [3.8, 4) is 11.1 Å². The topological polar surface area (TPSA) is 17.1 Å². The van der Waals surface area contributed by atoms with E-state index < -0.39 is 0 Å². The molecule has 2 aliphatic carbocycles. The fourth-order valence-electron chi connectivity index (χ4n) is 7.17. The second kappa shape index (κ2) is 13.6. The van der Waals surface area contributed by atoms with Gasteiger partial charge in [0.05, 0.1) is 0 Å². The van der Waals surface area contributed by atoms with E-state index in [4.69, 9.17) is 0 Å². The molecular formula is C35H50O. The molecule has 4 rings (SSSR count). The molecule has 2 aromatic carbocycles. The van der Waals surface area contributed by atoms with Crippen LogP contribution in [0.4, 0.5) is 0 Å². The van der Waals surface area contributed by atoms with Crippen molar-refractivity contribution in [1.29, 1.82) is 0 Å². The average molecular weight is 487 g/mol. The van der Waals surface area contributed by atoms with Crippen molar-refractivity contribution < 1.29 is 4.79 Å². The van der Waals surface area contributed by atoms with Gasteiger partial charge in [0.1, 0.15) is 6.29 Å². The summed E-state index contributed by atoms with van der Waals surface area (Å²) in [6.07, 6.45) is 22.0.